The van der Waals surface area contributed by atoms with Crippen molar-refractivity contribution in [3.63, 3.8) is 0 Å². The number of hydrogen-bond acceptors (Lipinski definition) is 3. The number of aromatic carboxylic acids is 1. The third-order valence-electron chi connectivity index (χ3n) is 4.89. The molecule has 0 aliphatic heterocycles. The van der Waals surface area contributed by atoms with E-state index in [9.17, 15) is 19.1 Å². The van der Waals surface area contributed by atoms with Gasteiger partial charge in [-0.1, -0.05) is 48.5 Å². The summed E-state index contributed by atoms with van der Waals surface area (Å²) < 4.78 is 19.5. The van der Waals surface area contributed by atoms with Gasteiger partial charge in [-0.15, -0.1) is 0 Å². The van der Waals surface area contributed by atoms with E-state index in [-0.39, 0.29) is 22.7 Å². The number of carboxylic acid groups (broad SMARTS) is 1. The van der Waals surface area contributed by atoms with Crippen LogP contribution in [0.5, 0.6) is 0 Å². The standard InChI is InChI=1S/C22H15BrFNO4/c23-17-9-10-18(24)19(21(26)27)20(17)25-22(28)29-11-16-14-7-3-1-5-12(14)13-6-2-4-8-15(13)16/h1-10,16H,11H2,(H,25,28)(H,26,27). The molecule has 0 saturated heterocycles. The van der Waals surface area contributed by atoms with Crippen LogP contribution in [0.25, 0.3) is 11.1 Å². The molecule has 0 unspecified atom stereocenters. The van der Waals surface area contributed by atoms with Gasteiger partial charge in [0, 0.05) is 10.4 Å². The zero-order valence-corrected chi connectivity index (χ0v) is 16.6. The monoisotopic (exact) mass is 455 g/mol. The van der Waals surface area contributed by atoms with E-state index >= 15 is 0 Å². The van der Waals surface area contributed by atoms with Crippen LogP contribution < -0.4 is 5.32 Å². The molecule has 1 aliphatic carbocycles. The largest absolute Gasteiger partial charge is 0.478 e. The Morgan fingerprint density at radius 2 is 1.59 bits per heavy atom. The number of halogens is 2. The molecule has 0 bridgehead atoms. The van der Waals surface area contributed by atoms with E-state index in [1.54, 1.807) is 0 Å². The Balaban J connectivity index is 1.55. The third kappa shape index (κ3) is 3.49. The molecule has 0 fully saturated rings. The summed E-state index contributed by atoms with van der Waals surface area (Å²) >= 11 is 3.14. The SMILES string of the molecule is O=C(Nc1c(Br)ccc(F)c1C(=O)O)OCC1c2ccccc2-c2ccccc21. The molecular formula is C22H15BrFNO4. The highest BCUT2D eigenvalue weighted by Gasteiger charge is 2.29. The van der Waals surface area contributed by atoms with Crippen molar-refractivity contribution in [1.82, 2.24) is 0 Å². The number of carboxylic acids is 1. The van der Waals surface area contributed by atoms with Crippen LogP contribution in [0.1, 0.15) is 27.4 Å². The Morgan fingerprint density at radius 3 is 2.17 bits per heavy atom. The van der Waals surface area contributed by atoms with Crippen LogP contribution in [0.2, 0.25) is 0 Å². The van der Waals surface area contributed by atoms with Crippen molar-refractivity contribution in [2.45, 2.75) is 5.92 Å². The lowest BCUT2D eigenvalue weighted by Crippen LogP contribution is -2.20. The first-order valence-electron chi connectivity index (χ1n) is 8.80. The molecule has 2 N–H and O–H groups in total. The fourth-order valence-electron chi connectivity index (χ4n) is 3.62. The minimum absolute atomic E-state index is 0.0647. The maximum absolute atomic E-state index is 13.9. The quantitative estimate of drug-likeness (QED) is 0.532. The lowest BCUT2D eigenvalue weighted by Gasteiger charge is -2.16. The van der Waals surface area contributed by atoms with E-state index in [1.807, 2.05) is 48.5 Å². The van der Waals surface area contributed by atoms with Crippen LogP contribution in [-0.2, 0) is 4.74 Å². The number of nitrogens with one attached hydrogen (secondary N) is 1. The van der Waals surface area contributed by atoms with Crippen molar-refractivity contribution >= 4 is 33.7 Å². The highest BCUT2D eigenvalue weighted by Crippen LogP contribution is 2.44. The van der Waals surface area contributed by atoms with Gasteiger partial charge in [-0.3, -0.25) is 5.32 Å². The summed E-state index contributed by atoms with van der Waals surface area (Å²) in [7, 11) is 0. The highest BCUT2D eigenvalue weighted by atomic mass is 79.9. The van der Waals surface area contributed by atoms with Gasteiger partial charge >= 0.3 is 12.1 Å². The van der Waals surface area contributed by atoms with Gasteiger partial charge in [0.05, 0.1) is 5.69 Å². The smallest absolute Gasteiger partial charge is 0.411 e. The third-order valence-corrected chi connectivity index (χ3v) is 5.55. The number of amides is 1. The van der Waals surface area contributed by atoms with Crippen molar-refractivity contribution in [1.29, 1.82) is 0 Å². The van der Waals surface area contributed by atoms with E-state index in [0.29, 0.717) is 0 Å². The second kappa shape index (κ2) is 7.67. The maximum Gasteiger partial charge on any atom is 0.411 e. The van der Waals surface area contributed by atoms with Crippen LogP contribution in [0, 0.1) is 5.82 Å². The van der Waals surface area contributed by atoms with Gasteiger partial charge in [-0.05, 0) is 50.3 Å². The fourth-order valence-corrected chi connectivity index (χ4v) is 4.05. The number of carbonyl (C=O) groups excluding carboxylic acids is 1. The molecular weight excluding hydrogens is 441 g/mol. The van der Waals surface area contributed by atoms with Gasteiger partial charge < -0.3 is 9.84 Å². The van der Waals surface area contributed by atoms with Gasteiger partial charge in [0.2, 0.25) is 0 Å². The molecule has 0 heterocycles. The predicted molar refractivity (Wildman–Crippen MR) is 110 cm³/mol. The summed E-state index contributed by atoms with van der Waals surface area (Å²) in [5.74, 6) is -2.57. The molecule has 29 heavy (non-hydrogen) atoms. The fraction of sp³-hybridized carbons (Fsp3) is 0.0909. The van der Waals surface area contributed by atoms with Gasteiger partial charge in [-0.25, -0.2) is 14.0 Å². The van der Waals surface area contributed by atoms with Crippen LogP contribution in [-0.4, -0.2) is 23.8 Å². The van der Waals surface area contributed by atoms with E-state index in [1.165, 1.54) is 6.07 Å². The maximum atomic E-state index is 13.9. The summed E-state index contributed by atoms with van der Waals surface area (Å²) in [6.07, 6.45) is -0.860. The normalized spacial score (nSPS) is 12.2. The van der Waals surface area contributed by atoms with E-state index in [2.05, 4.69) is 21.2 Å². The number of hydrogen-bond donors (Lipinski definition) is 2. The summed E-state index contributed by atoms with van der Waals surface area (Å²) in [5.41, 5.74) is 3.48. The second-order valence-electron chi connectivity index (χ2n) is 6.53. The Kier molecular flexibility index (Phi) is 5.07. The first-order valence-corrected chi connectivity index (χ1v) is 9.60. The molecule has 7 heteroatoms. The topological polar surface area (TPSA) is 75.6 Å². The molecule has 0 atom stereocenters. The van der Waals surface area contributed by atoms with Crippen LogP contribution >= 0.6 is 15.9 Å². The zero-order chi connectivity index (χ0) is 20.5. The highest BCUT2D eigenvalue weighted by molar-refractivity contribution is 9.10. The molecule has 5 nitrogen and oxygen atoms in total. The Labute approximate surface area is 174 Å². The summed E-state index contributed by atoms with van der Waals surface area (Å²) in [5, 5.41) is 11.6. The molecule has 3 aromatic carbocycles. The first kappa shape index (κ1) is 19.1. The average molecular weight is 456 g/mol. The van der Waals surface area contributed by atoms with Crippen molar-refractivity contribution in [3.8, 4) is 11.1 Å². The van der Waals surface area contributed by atoms with Gasteiger partial charge in [-0.2, -0.15) is 0 Å². The van der Waals surface area contributed by atoms with Gasteiger partial charge in [0.25, 0.3) is 0 Å². The summed E-state index contributed by atoms with van der Waals surface area (Å²) in [6, 6.07) is 18.1. The van der Waals surface area contributed by atoms with E-state index in [0.717, 1.165) is 28.3 Å². The number of anilines is 1. The van der Waals surface area contributed by atoms with Crippen LogP contribution in [0.3, 0.4) is 0 Å². The van der Waals surface area contributed by atoms with Gasteiger partial charge in [0.1, 0.15) is 18.0 Å². The number of fused-ring (bicyclic) bond motifs is 3. The number of ether oxygens (including phenoxy) is 1. The predicted octanol–water partition coefficient (Wildman–Crippen LogP) is 5.65. The lowest BCUT2D eigenvalue weighted by molar-refractivity contribution is 0.0693. The minimum Gasteiger partial charge on any atom is -0.478 e. The summed E-state index contributed by atoms with van der Waals surface area (Å²) in [4.78, 5) is 23.7. The molecule has 3 aromatic rings. The zero-order valence-electron chi connectivity index (χ0n) is 15.0. The van der Waals surface area contributed by atoms with Crippen molar-refractivity contribution < 1.29 is 23.8 Å². The first-order chi connectivity index (χ1) is 14.0. The minimum atomic E-state index is -1.49. The van der Waals surface area contributed by atoms with E-state index < -0.39 is 23.4 Å². The number of rotatable bonds is 4. The van der Waals surface area contributed by atoms with Gasteiger partial charge in [0.15, 0.2) is 0 Å². The van der Waals surface area contributed by atoms with Crippen molar-refractivity contribution in [3.05, 3.63) is 87.6 Å². The second-order valence-corrected chi connectivity index (χ2v) is 7.39. The molecule has 0 radical (unpaired) electrons. The Bertz CT molecular complexity index is 1090. The average Bonchev–Trinajstić information content (AvgIpc) is 3.03. The molecule has 4 rings (SSSR count). The summed E-state index contributed by atoms with van der Waals surface area (Å²) in [6.45, 7) is 0.0647. The van der Waals surface area contributed by atoms with E-state index in [4.69, 9.17) is 4.74 Å². The number of carbonyl (C=O) groups is 2. The van der Waals surface area contributed by atoms with Crippen molar-refractivity contribution in [2.75, 3.05) is 11.9 Å². The lowest BCUT2D eigenvalue weighted by atomic mass is 9.98. The molecule has 0 spiro atoms. The van der Waals surface area contributed by atoms with Crippen LogP contribution in [0.4, 0.5) is 14.9 Å². The Morgan fingerprint density at radius 1 is 1.00 bits per heavy atom. The number of benzene rings is 3. The van der Waals surface area contributed by atoms with Crippen molar-refractivity contribution in [2.24, 2.45) is 0 Å². The molecule has 0 saturated carbocycles. The van der Waals surface area contributed by atoms with Crippen LogP contribution in [0.15, 0.2) is 65.1 Å². The molecule has 146 valence electrons. The Hall–Kier alpha value is -3.19. The molecule has 1 amide bonds. The molecule has 0 aromatic heterocycles. The molecule has 1 aliphatic rings.